The fourth-order valence-corrected chi connectivity index (χ4v) is 7.08. The van der Waals surface area contributed by atoms with Gasteiger partial charge in [-0.25, -0.2) is 0 Å². The Labute approximate surface area is 302 Å². The number of benzene rings is 9. The second-order valence-electron chi connectivity index (χ2n) is 11.9. The maximum Gasteiger partial charge on any atom is 0.136 e. The molecule has 1 heteroatoms. The quantitative estimate of drug-likeness (QED) is 0.175. The van der Waals surface area contributed by atoms with Crippen LogP contribution in [0.2, 0.25) is 0 Å². The molecule has 49 heavy (non-hydrogen) atoms. The van der Waals surface area contributed by atoms with Gasteiger partial charge in [-0.2, -0.15) is 0 Å². The molecule has 0 spiro atoms. The Hall–Kier alpha value is -6.44. The topological polar surface area (TPSA) is 13.1 Å². The molecular formula is C48H30O. The van der Waals surface area contributed by atoms with E-state index in [9.17, 15) is 5.48 Å². The van der Waals surface area contributed by atoms with Gasteiger partial charge in [0.2, 0.25) is 0 Å². The van der Waals surface area contributed by atoms with E-state index in [4.69, 9.17) is 16.8 Å². The van der Waals surface area contributed by atoms with Crippen molar-refractivity contribution in [1.82, 2.24) is 0 Å². The van der Waals surface area contributed by atoms with Crippen LogP contribution >= 0.6 is 0 Å². The third-order valence-electron chi connectivity index (χ3n) is 9.17. The van der Waals surface area contributed by atoms with Gasteiger partial charge in [0.25, 0.3) is 0 Å². The van der Waals surface area contributed by atoms with Gasteiger partial charge in [0.15, 0.2) is 0 Å². The van der Waals surface area contributed by atoms with Gasteiger partial charge in [-0.3, -0.25) is 0 Å². The molecule has 0 atom stereocenters. The summed E-state index contributed by atoms with van der Waals surface area (Å²) in [6.45, 7) is 0. The zero-order chi connectivity index (χ0) is 43.6. The zero-order valence-electron chi connectivity index (χ0n) is 38.7. The Morgan fingerprint density at radius 1 is 0.367 bits per heavy atom. The summed E-state index contributed by atoms with van der Waals surface area (Å²) in [4.78, 5) is 0. The van der Waals surface area contributed by atoms with Gasteiger partial charge < -0.3 is 4.42 Å². The predicted octanol–water partition coefficient (Wildman–Crippen LogP) is 13.7. The van der Waals surface area contributed by atoms with E-state index >= 15 is 0 Å². The number of hydrogen-bond acceptors (Lipinski definition) is 1. The second-order valence-corrected chi connectivity index (χ2v) is 11.9. The smallest absolute Gasteiger partial charge is 0.136 e. The van der Waals surface area contributed by atoms with Crippen LogP contribution in [0.25, 0.3) is 98.8 Å². The normalized spacial score (nSPS) is 15.4. The van der Waals surface area contributed by atoms with E-state index in [1.165, 1.54) is 0 Å². The van der Waals surface area contributed by atoms with Crippen molar-refractivity contribution in [3.8, 4) is 44.5 Å². The Morgan fingerprint density at radius 3 is 1.71 bits per heavy atom. The minimum absolute atomic E-state index is 0.0587. The average Bonchev–Trinajstić information content (AvgIpc) is 3.67. The number of para-hydroxylation sites is 1. The van der Waals surface area contributed by atoms with Gasteiger partial charge in [-0.1, -0.05) is 157 Å². The molecule has 0 unspecified atom stereocenters. The number of rotatable bonds is 4. The first kappa shape index (κ1) is 17.6. The van der Waals surface area contributed by atoms with Crippen molar-refractivity contribution in [2.45, 2.75) is 0 Å². The molecule has 10 rings (SSSR count). The van der Waals surface area contributed by atoms with Crippen molar-refractivity contribution in [3.05, 3.63) is 182 Å². The first-order valence-corrected chi connectivity index (χ1v) is 15.8. The van der Waals surface area contributed by atoms with Gasteiger partial charge in [-0.15, -0.1) is 0 Å². The largest absolute Gasteiger partial charge is 0.456 e. The molecule has 0 saturated carbocycles. The van der Waals surface area contributed by atoms with Crippen molar-refractivity contribution in [3.63, 3.8) is 0 Å². The summed E-state index contributed by atoms with van der Waals surface area (Å²) in [7, 11) is 0. The van der Waals surface area contributed by atoms with Crippen molar-refractivity contribution < 1.29 is 22.2 Å². The standard InChI is InChI=1S/C48H30O/c1-2-14-32(15-3-1)45-38-19-6-8-21-40(38)46(41-22-9-7-20-39(41)45)35-17-12-18-36(30-35)47-37(34-26-25-31-13-4-5-16-33(31)29-34)27-28-44-48(47)42-23-10-11-24-43(42)49-44/h1-30H/i1D,2D,3D,6D,7D,8D,9D,14D,15D,19D,20D,21D,22D. The van der Waals surface area contributed by atoms with Crippen LogP contribution in [-0.4, -0.2) is 0 Å². The summed E-state index contributed by atoms with van der Waals surface area (Å²) < 4.78 is 122. The Bertz CT molecular complexity index is 3520. The average molecular weight is 636 g/mol. The van der Waals surface area contributed by atoms with E-state index < -0.39 is 84.1 Å². The van der Waals surface area contributed by atoms with Crippen LogP contribution in [0.15, 0.2) is 186 Å². The summed E-state index contributed by atoms with van der Waals surface area (Å²) in [5, 5.41) is 2.96. The highest BCUT2D eigenvalue weighted by Crippen LogP contribution is 2.47. The van der Waals surface area contributed by atoms with Crippen LogP contribution in [0.5, 0.6) is 0 Å². The molecule has 0 aliphatic heterocycles. The Morgan fingerprint density at radius 2 is 0.980 bits per heavy atom. The molecule has 1 nitrogen and oxygen atoms in total. The van der Waals surface area contributed by atoms with Crippen molar-refractivity contribution in [1.29, 1.82) is 0 Å². The molecule has 0 aliphatic carbocycles. The van der Waals surface area contributed by atoms with Crippen molar-refractivity contribution in [2.24, 2.45) is 0 Å². The lowest BCUT2D eigenvalue weighted by atomic mass is 9.84. The predicted molar refractivity (Wildman–Crippen MR) is 208 cm³/mol. The van der Waals surface area contributed by atoms with Crippen LogP contribution in [0, 0.1) is 0 Å². The molecule has 9 aromatic carbocycles. The van der Waals surface area contributed by atoms with Crippen molar-refractivity contribution in [2.75, 3.05) is 0 Å². The number of furan rings is 1. The summed E-state index contributed by atoms with van der Waals surface area (Å²) in [6, 6.07) is 24.6. The van der Waals surface area contributed by atoms with Gasteiger partial charge in [0.05, 0.1) is 17.8 Å². The third kappa shape index (κ3) is 4.40. The second kappa shape index (κ2) is 11.1. The minimum atomic E-state index is -0.719. The van der Waals surface area contributed by atoms with E-state index in [1.54, 1.807) is 12.1 Å². The summed E-state index contributed by atoms with van der Waals surface area (Å²) >= 11 is 0. The maximum atomic E-state index is 9.41. The summed E-state index contributed by atoms with van der Waals surface area (Å²) in [6.07, 6.45) is 0. The molecule has 1 aromatic heterocycles. The lowest BCUT2D eigenvalue weighted by Crippen LogP contribution is -1.92. The molecule has 0 saturated heterocycles. The van der Waals surface area contributed by atoms with Crippen molar-refractivity contribution >= 4 is 54.3 Å². The fraction of sp³-hybridized carbons (Fsp3) is 0. The maximum absolute atomic E-state index is 9.41. The molecule has 0 N–H and O–H groups in total. The van der Waals surface area contributed by atoms with E-state index in [-0.39, 0.29) is 32.7 Å². The number of hydrogen-bond donors (Lipinski definition) is 0. The molecular weight excluding hydrogens is 593 g/mol. The first-order chi connectivity index (χ1) is 29.7. The van der Waals surface area contributed by atoms with E-state index in [0.717, 1.165) is 38.2 Å². The minimum Gasteiger partial charge on any atom is -0.456 e. The van der Waals surface area contributed by atoms with E-state index in [2.05, 4.69) is 12.1 Å². The van der Waals surface area contributed by atoms with Crippen LogP contribution in [0.3, 0.4) is 0 Å². The SMILES string of the molecule is [2H]c1c([2H])c([2H])c(-c2c3c([2H])c([2H])c([2H])c([2H])c3c(-c3cccc(-c4c(-c5ccc6ccccc6c5)ccc5oc6ccccc6c45)c3)c3c([2H])c([2H])c([2H])c([2H])c23)c([2H])c1[2H]. The molecule has 228 valence electrons. The lowest BCUT2D eigenvalue weighted by Gasteiger charge is -2.19. The molecule has 0 radical (unpaired) electrons. The molecule has 0 fully saturated rings. The molecule has 0 amide bonds. The highest BCUT2D eigenvalue weighted by Gasteiger charge is 2.20. The van der Waals surface area contributed by atoms with Crippen LogP contribution in [0.1, 0.15) is 17.8 Å². The van der Waals surface area contributed by atoms with E-state index in [0.29, 0.717) is 22.3 Å². The van der Waals surface area contributed by atoms with Gasteiger partial charge >= 0.3 is 0 Å². The van der Waals surface area contributed by atoms with Gasteiger partial charge in [-0.05, 0) is 95.5 Å². The summed E-state index contributed by atoms with van der Waals surface area (Å²) in [5.74, 6) is 0. The Kier molecular flexibility index (Phi) is 3.99. The molecule has 0 aliphatic rings. The van der Waals surface area contributed by atoms with Gasteiger partial charge in [0, 0.05) is 16.3 Å². The molecule has 10 aromatic rings. The first-order valence-electron chi connectivity index (χ1n) is 22.3. The fourth-order valence-electron chi connectivity index (χ4n) is 7.08. The monoisotopic (exact) mass is 635 g/mol. The summed E-state index contributed by atoms with van der Waals surface area (Å²) in [5.41, 5.74) is 4.15. The lowest BCUT2D eigenvalue weighted by molar-refractivity contribution is 0.669. The van der Waals surface area contributed by atoms with Crippen LogP contribution in [0.4, 0.5) is 0 Å². The van der Waals surface area contributed by atoms with Crippen LogP contribution in [-0.2, 0) is 0 Å². The van der Waals surface area contributed by atoms with E-state index in [1.807, 2.05) is 78.9 Å². The van der Waals surface area contributed by atoms with Gasteiger partial charge in [0.1, 0.15) is 11.2 Å². The number of fused-ring (bicyclic) bond motifs is 6. The highest BCUT2D eigenvalue weighted by atomic mass is 16.3. The zero-order valence-corrected chi connectivity index (χ0v) is 25.7. The molecule has 0 bridgehead atoms. The molecule has 1 heterocycles. The van der Waals surface area contributed by atoms with Crippen LogP contribution < -0.4 is 0 Å². The highest BCUT2D eigenvalue weighted by molar-refractivity contribution is 6.22. The third-order valence-corrected chi connectivity index (χ3v) is 9.17. The Balaban J connectivity index is 1.40.